The summed E-state index contributed by atoms with van der Waals surface area (Å²) in [5.41, 5.74) is 4.77. The molecular formula is C21H25NO3. The number of carbonyl (C=O) groups excluding carboxylic acids is 1. The first-order valence-corrected chi connectivity index (χ1v) is 8.70. The second-order valence-corrected chi connectivity index (χ2v) is 7.26. The summed E-state index contributed by atoms with van der Waals surface area (Å²) in [6.07, 6.45) is 4.77. The lowest BCUT2D eigenvalue weighted by Crippen LogP contribution is -2.25. The Morgan fingerprint density at radius 2 is 2.24 bits per heavy atom. The molecule has 1 aliphatic carbocycles. The van der Waals surface area contributed by atoms with Crippen molar-refractivity contribution in [3.8, 4) is 5.95 Å². The fourth-order valence-corrected chi connectivity index (χ4v) is 3.62. The first-order chi connectivity index (χ1) is 11.9. The van der Waals surface area contributed by atoms with E-state index in [2.05, 4.69) is 32.7 Å². The molecule has 0 radical (unpaired) electrons. The highest BCUT2D eigenvalue weighted by molar-refractivity contribution is 5.91. The first kappa shape index (κ1) is 17.3. The maximum Gasteiger partial charge on any atom is 0.337 e. The quantitative estimate of drug-likeness (QED) is 0.446. The van der Waals surface area contributed by atoms with Crippen LogP contribution in [0.5, 0.6) is 5.95 Å². The molecule has 1 aliphatic rings. The van der Waals surface area contributed by atoms with E-state index in [1.54, 1.807) is 6.07 Å². The molecule has 1 aromatic heterocycles. The number of benzene rings is 1. The van der Waals surface area contributed by atoms with Gasteiger partial charge in [0.05, 0.1) is 5.69 Å². The van der Waals surface area contributed by atoms with E-state index in [-0.39, 0.29) is 11.4 Å². The average Bonchev–Trinajstić information content (AvgIpc) is 2.96. The monoisotopic (exact) mass is 339 g/mol. The Labute approximate surface area is 148 Å². The Morgan fingerprint density at radius 1 is 1.44 bits per heavy atom. The lowest BCUT2D eigenvalue weighted by Gasteiger charge is -2.35. The zero-order valence-electron chi connectivity index (χ0n) is 15.1. The van der Waals surface area contributed by atoms with Crippen LogP contribution in [0.1, 0.15) is 40.0 Å². The van der Waals surface area contributed by atoms with Crippen molar-refractivity contribution in [2.24, 2.45) is 5.41 Å². The highest BCUT2D eigenvalue weighted by atomic mass is 16.6. The molecular weight excluding hydrogens is 314 g/mol. The molecule has 4 heteroatoms. The Balaban J connectivity index is 1.84. The highest BCUT2D eigenvalue weighted by Gasteiger charge is 2.28. The molecule has 0 unspecified atom stereocenters. The second-order valence-electron chi connectivity index (χ2n) is 7.26. The average molecular weight is 339 g/mol. The molecule has 0 amide bonds. The number of carbonyl (C=O) groups is 1. The van der Waals surface area contributed by atoms with Crippen molar-refractivity contribution in [3.05, 3.63) is 48.1 Å². The fourth-order valence-electron chi connectivity index (χ4n) is 3.62. The van der Waals surface area contributed by atoms with E-state index in [1.165, 1.54) is 30.4 Å². The van der Waals surface area contributed by atoms with Crippen LogP contribution in [0.2, 0.25) is 0 Å². The third-order valence-electron chi connectivity index (χ3n) is 5.03. The Morgan fingerprint density at radius 3 is 2.96 bits per heavy atom. The standard InChI is InChI=1S/C21H25NO3/c1-5-18(23)24-19-12-15-9-6-10-17(20(15)25-19)22-13-16-14(2)8-7-11-21(16,3)4/h5-6,9-10,12,22H,1,7-8,11,13H2,2-4H3. The number of fused-ring (bicyclic) bond motifs is 1. The van der Waals surface area contributed by atoms with Crippen LogP contribution in [-0.2, 0) is 4.79 Å². The summed E-state index contributed by atoms with van der Waals surface area (Å²) in [4.78, 5) is 11.4. The van der Waals surface area contributed by atoms with Crippen molar-refractivity contribution < 1.29 is 13.9 Å². The number of anilines is 1. The highest BCUT2D eigenvalue weighted by Crippen LogP contribution is 2.40. The minimum Gasteiger partial charge on any atom is -0.423 e. The van der Waals surface area contributed by atoms with Crippen LogP contribution in [0.25, 0.3) is 11.0 Å². The molecule has 0 saturated carbocycles. The predicted molar refractivity (Wildman–Crippen MR) is 101 cm³/mol. The number of allylic oxidation sites excluding steroid dienone is 1. The van der Waals surface area contributed by atoms with E-state index in [0.29, 0.717) is 5.58 Å². The van der Waals surface area contributed by atoms with Gasteiger partial charge in [-0.1, -0.05) is 38.1 Å². The molecule has 3 rings (SSSR count). The number of furan rings is 1. The van der Waals surface area contributed by atoms with Crippen molar-refractivity contribution in [1.82, 2.24) is 0 Å². The molecule has 1 heterocycles. The molecule has 0 atom stereocenters. The van der Waals surface area contributed by atoms with Gasteiger partial charge in [0.25, 0.3) is 5.95 Å². The van der Waals surface area contributed by atoms with Gasteiger partial charge in [-0.25, -0.2) is 4.79 Å². The van der Waals surface area contributed by atoms with Crippen LogP contribution in [0, 0.1) is 5.41 Å². The summed E-state index contributed by atoms with van der Waals surface area (Å²) in [5, 5.41) is 4.41. The number of hydrogen-bond donors (Lipinski definition) is 1. The lowest BCUT2D eigenvalue weighted by molar-refractivity contribution is -0.130. The van der Waals surface area contributed by atoms with Gasteiger partial charge in [-0.3, -0.25) is 0 Å². The van der Waals surface area contributed by atoms with Crippen LogP contribution in [0.15, 0.2) is 52.5 Å². The van der Waals surface area contributed by atoms with Crippen molar-refractivity contribution in [2.75, 3.05) is 11.9 Å². The number of ether oxygens (including phenoxy) is 1. The number of nitrogens with one attached hydrogen (secondary N) is 1. The van der Waals surface area contributed by atoms with Gasteiger partial charge in [0.15, 0.2) is 5.58 Å². The van der Waals surface area contributed by atoms with Crippen LogP contribution in [0.3, 0.4) is 0 Å². The number of rotatable bonds is 5. The minimum absolute atomic E-state index is 0.183. The number of esters is 1. The molecule has 2 aromatic rings. The third kappa shape index (κ3) is 3.63. The van der Waals surface area contributed by atoms with E-state index < -0.39 is 5.97 Å². The molecule has 1 N–H and O–H groups in total. The van der Waals surface area contributed by atoms with E-state index in [4.69, 9.17) is 9.15 Å². The van der Waals surface area contributed by atoms with Crippen molar-refractivity contribution >= 4 is 22.6 Å². The molecule has 0 saturated heterocycles. The van der Waals surface area contributed by atoms with Crippen molar-refractivity contribution in [3.63, 3.8) is 0 Å². The molecule has 0 fully saturated rings. The maximum absolute atomic E-state index is 11.4. The zero-order valence-corrected chi connectivity index (χ0v) is 15.1. The van der Waals surface area contributed by atoms with Crippen molar-refractivity contribution in [2.45, 2.75) is 40.0 Å². The van der Waals surface area contributed by atoms with Gasteiger partial charge in [0.1, 0.15) is 0 Å². The van der Waals surface area contributed by atoms with Gasteiger partial charge in [-0.05, 0) is 43.2 Å². The molecule has 0 spiro atoms. The largest absolute Gasteiger partial charge is 0.423 e. The summed E-state index contributed by atoms with van der Waals surface area (Å²) in [7, 11) is 0. The fraction of sp³-hybridized carbons (Fsp3) is 0.381. The molecule has 0 aliphatic heterocycles. The van der Waals surface area contributed by atoms with E-state index >= 15 is 0 Å². The van der Waals surface area contributed by atoms with Crippen LogP contribution >= 0.6 is 0 Å². The summed E-state index contributed by atoms with van der Waals surface area (Å²) in [6.45, 7) is 11.0. The summed E-state index contributed by atoms with van der Waals surface area (Å²) < 4.78 is 10.8. The SMILES string of the molecule is C=CC(=O)Oc1cc2cccc(NCC3=C(C)CCCC3(C)C)c2o1. The minimum atomic E-state index is -0.529. The Kier molecular flexibility index (Phi) is 4.71. The van der Waals surface area contributed by atoms with Crippen LogP contribution in [0.4, 0.5) is 5.69 Å². The summed E-state index contributed by atoms with van der Waals surface area (Å²) >= 11 is 0. The van der Waals surface area contributed by atoms with E-state index in [1.807, 2.05) is 18.2 Å². The number of hydrogen-bond acceptors (Lipinski definition) is 4. The third-order valence-corrected chi connectivity index (χ3v) is 5.03. The summed E-state index contributed by atoms with van der Waals surface area (Å²) in [6, 6.07) is 7.60. The zero-order chi connectivity index (χ0) is 18.0. The first-order valence-electron chi connectivity index (χ1n) is 8.70. The Hall–Kier alpha value is -2.49. The molecule has 0 bridgehead atoms. The molecule has 1 aromatic carbocycles. The topological polar surface area (TPSA) is 51.5 Å². The number of para-hydroxylation sites is 1. The van der Waals surface area contributed by atoms with Gasteiger partial charge < -0.3 is 14.5 Å². The predicted octanol–water partition coefficient (Wildman–Crippen LogP) is 5.46. The lowest BCUT2D eigenvalue weighted by atomic mass is 9.73. The van der Waals surface area contributed by atoms with Gasteiger partial charge in [-0.2, -0.15) is 0 Å². The van der Waals surface area contributed by atoms with Gasteiger partial charge in [-0.15, -0.1) is 0 Å². The molecule has 4 nitrogen and oxygen atoms in total. The van der Waals surface area contributed by atoms with E-state index in [0.717, 1.165) is 23.7 Å². The molecule has 25 heavy (non-hydrogen) atoms. The normalized spacial score (nSPS) is 16.8. The van der Waals surface area contributed by atoms with Gasteiger partial charge >= 0.3 is 5.97 Å². The molecule has 132 valence electrons. The van der Waals surface area contributed by atoms with Gasteiger partial charge in [0.2, 0.25) is 0 Å². The van der Waals surface area contributed by atoms with Gasteiger partial charge in [0, 0.05) is 24.1 Å². The van der Waals surface area contributed by atoms with E-state index in [9.17, 15) is 4.79 Å². The second kappa shape index (κ2) is 6.79. The van der Waals surface area contributed by atoms with Crippen molar-refractivity contribution in [1.29, 1.82) is 0 Å². The maximum atomic E-state index is 11.4. The Bertz CT molecular complexity index is 842. The van der Waals surface area contributed by atoms with Crippen LogP contribution in [-0.4, -0.2) is 12.5 Å². The van der Waals surface area contributed by atoms with Crippen LogP contribution < -0.4 is 10.1 Å². The summed E-state index contributed by atoms with van der Waals surface area (Å²) in [5.74, 6) is -0.346. The smallest absolute Gasteiger partial charge is 0.337 e.